The number of H-pyrrole nitrogens is 1. The molecular formula is C23H22N4O3. The lowest BCUT2D eigenvalue weighted by Gasteiger charge is -2.15. The van der Waals surface area contributed by atoms with Crippen molar-refractivity contribution in [2.75, 3.05) is 13.1 Å². The van der Waals surface area contributed by atoms with Crippen LogP contribution in [0.3, 0.4) is 0 Å². The fourth-order valence-electron chi connectivity index (χ4n) is 4.13. The lowest BCUT2D eigenvalue weighted by Crippen LogP contribution is -2.29. The Morgan fingerprint density at radius 2 is 2.10 bits per heavy atom. The molecular weight excluding hydrogens is 380 g/mol. The van der Waals surface area contributed by atoms with Crippen molar-refractivity contribution >= 4 is 16.8 Å². The molecule has 4 aromatic rings. The number of β-amino-alcohol motifs (C(OH)–C–C–N with tert-alkyl or cyclic N) is 1. The Kier molecular flexibility index (Phi) is 4.59. The molecule has 7 nitrogen and oxygen atoms in total. The van der Waals surface area contributed by atoms with Crippen LogP contribution in [0.15, 0.2) is 59.1 Å². The third-order valence-electron chi connectivity index (χ3n) is 5.72. The first-order chi connectivity index (χ1) is 14.6. The van der Waals surface area contributed by atoms with Crippen molar-refractivity contribution in [3.05, 3.63) is 71.7 Å². The number of rotatable bonds is 4. The van der Waals surface area contributed by atoms with Gasteiger partial charge < -0.3 is 14.4 Å². The van der Waals surface area contributed by atoms with E-state index in [1.54, 1.807) is 17.2 Å². The molecule has 3 aromatic heterocycles. The summed E-state index contributed by atoms with van der Waals surface area (Å²) in [4.78, 5) is 19.0. The molecule has 1 amide bonds. The maximum Gasteiger partial charge on any atom is 0.274 e. The molecule has 2 N–H and O–H groups in total. The summed E-state index contributed by atoms with van der Waals surface area (Å²) in [6, 6.07) is 15.4. The van der Waals surface area contributed by atoms with Crippen LogP contribution in [0, 0.1) is 12.8 Å². The van der Waals surface area contributed by atoms with E-state index < -0.39 is 6.10 Å². The topological polar surface area (TPSA) is 95.3 Å². The number of likely N-dealkylation sites (tertiary alicyclic amines) is 1. The highest BCUT2D eigenvalue weighted by Gasteiger charge is 2.35. The number of fused-ring (bicyclic) bond motifs is 1. The molecule has 0 spiro atoms. The molecule has 152 valence electrons. The van der Waals surface area contributed by atoms with Crippen molar-refractivity contribution in [2.24, 2.45) is 5.92 Å². The first-order valence-corrected chi connectivity index (χ1v) is 10.0. The summed E-state index contributed by atoms with van der Waals surface area (Å²) in [5.41, 5.74) is 3.05. The Balaban J connectivity index is 1.32. The molecule has 1 aromatic carbocycles. The van der Waals surface area contributed by atoms with Gasteiger partial charge in [0.2, 0.25) is 0 Å². The second kappa shape index (κ2) is 7.42. The van der Waals surface area contributed by atoms with Gasteiger partial charge in [0.15, 0.2) is 11.5 Å². The smallest absolute Gasteiger partial charge is 0.274 e. The molecule has 0 aliphatic carbocycles. The van der Waals surface area contributed by atoms with Crippen LogP contribution in [0.1, 0.15) is 21.8 Å². The Morgan fingerprint density at radius 1 is 1.23 bits per heavy atom. The van der Waals surface area contributed by atoms with Gasteiger partial charge in [0.25, 0.3) is 5.91 Å². The molecule has 1 aliphatic rings. The highest BCUT2D eigenvalue weighted by Crippen LogP contribution is 2.27. The molecule has 1 aliphatic heterocycles. The maximum absolute atomic E-state index is 12.9. The summed E-state index contributed by atoms with van der Waals surface area (Å²) in [7, 11) is 0. The predicted molar refractivity (Wildman–Crippen MR) is 112 cm³/mol. The minimum atomic E-state index is -0.577. The van der Waals surface area contributed by atoms with Gasteiger partial charge in [-0.25, -0.2) is 0 Å². The number of para-hydroxylation sites is 1. The number of nitrogens with one attached hydrogen (secondary N) is 1. The van der Waals surface area contributed by atoms with Crippen molar-refractivity contribution in [3.63, 3.8) is 0 Å². The average molecular weight is 402 g/mol. The zero-order chi connectivity index (χ0) is 20.7. The van der Waals surface area contributed by atoms with Crippen LogP contribution in [0.2, 0.25) is 0 Å². The molecule has 5 rings (SSSR count). The number of aliphatic hydroxyl groups excluding tert-OH is 1. The number of hydrogen-bond donors (Lipinski definition) is 2. The molecule has 0 bridgehead atoms. The predicted octanol–water partition coefficient (Wildman–Crippen LogP) is 3.20. The van der Waals surface area contributed by atoms with Crippen LogP contribution in [0.4, 0.5) is 0 Å². The molecule has 1 fully saturated rings. The third-order valence-corrected chi connectivity index (χ3v) is 5.72. The largest absolute Gasteiger partial charge is 0.460 e. The van der Waals surface area contributed by atoms with E-state index in [9.17, 15) is 9.90 Å². The summed E-state index contributed by atoms with van der Waals surface area (Å²) in [6.45, 7) is 2.65. The molecule has 30 heavy (non-hydrogen) atoms. The highest BCUT2D eigenvalue weighted by atomic mass is 16.3. The van der Waals surface area contributed by atoms with Crippen molar-refractivity contribution in [2.45, 2.75) is 19.4 Å². The number of pyridine rings is 1. The number of amides is 1. The van der Waals surface area contributed by atoms with E-state index >= 15 is 0 Å². The number of aromatic amines is 1. The molecule has 0 radical (unpaired) electrons. The van der Waals surface area contributed by atoms with Gasteiger partial charge in [-0.15, -0.1) is 0 Å². The fourth-order valence-corrected chi connectivity index (χ4v) is 4.13. The molecule has 1 saturated heterocycles. The lowest BCUT2D eigenvalue weighted by atomic mass is 9.94. The molecule has 2 atom stereocenters. The Hall–Kier alpha value is -3.45. The minimum absolute atomic E-state index is 0.0362. The number of carbonyl (C=O) groups excluding carboxylic acids is 1. The summed E-state index contributed by atoms with van der Waals surface area (Å²) in [6.07, 6.45) is 1.90. The van der Waals surface area contributed by atoms with Crippen LogP contribution in [-0.4, -0.2) is 50.3 Å². The van der Waals surface area contributed by atoms with Gasteiger partial charge >= 0.3 is 0 Å². The van der Waals surface area contributed by atoms with Crippen molar-refractivity contribution < 1.29 is 14.3 Å². The van der Waals surface area contributed by atoms with Gasteiger partial charge in [0.05, 0.1) is 11.6 Å². The van der Waals surface area contributed by atoms with E-state index in [2.05, 4.69) is 15.2 Å². The number of furan rings is 1. The summed E-state index contributed by atoms with van der Waals surface area (Å²) >= 11 is 0. The number of aromatic nitrogens is 3. The van der Waals surface area contributed by atoms with Crippen molar-refractivity contribution in [1.29, 1.82) is 0 Å². The van der Waals surface area contributed by atoms with E-state index in [0.717, 1.165) is 22.2 Å². The Bertz CT molecular complexity index is 1210. The Labute approximate surface area is 173 Å². The normalized spacial score (nSPS) is 18.9. The summed E-state index contributed by atoms with van der Waals surface area (Å²) in [5, 5.41) is 18.7. The first kappa shape index (κ1) is 18.6. The summed E-state index contributed by atoms with van der Waals surface area (Å²) in [5.74, 6) is 1.21. The SMILES string of the molecule is Cc1ccc(-c2cc(C(=O)N3CC(O)C(Cc4ccnc5ccccc45)C3)n[nH]2)o1. The zero-order valence-corrected chi connectivity index (χ0v) is 16.6. The highest BCUT2D eigenvalue weighted by molar-refractivity contribution is 5.93. The fraction of sp³-hybridized carbons (Fsp3) is 0.261. The van der Waals surface area contributed by atoms with E-state index in [-0.39, 0.29) is 11.8 Å². The quantitative estimate of drug-likeness (QED) is 0.547. The van der Waals surface area contributed by atoms with Crippen molar-refractivity contribution in [1.82, 2.24) is 20.1 Å². The van der Waals surface area contributed by atoms with Crippen molar-refractivity contribution in [3.8, 4) is 11.5 Å². The number of nitrogens with zero attached hydrogens (tertiary/aromatic N) is 3. The van der Waals surface area contributed by atoms with Gasteiger partial charge in [0, 0.05) is 36.7 Å². The number of aliphatic hydroxyl groups is 1. The van der Waals surface area contributed by atoms with E-state index in [4.69, 9.17) is 4.42 Å². The van der Waals surface area contributed by atoms with E-state index in [0.29, 0.717) is 36.7 Å². The average Bonchev–Trinajstić information content (AvgIpc) is 3.48. The van der Waals surface area contributed by atoms with E-state index in [1.807, 2.05) is 49.4 Å². The molecule has 2 unspecified atom stereocenters. The van der Waals surface area contributed by atoms with Crippen LogP contribution >= 0.6 is 0 Å². The van der Waals surface area contributed by atoms with Crippen LogP contribution in [0.5, 0.6) is 0 Å². The Morgan fingerprint density at radius 3 is 2.93 bits per heavy atom. The maximum atomic E-state index is 12.9. The first-order valence-electron chi connectivity index (χ1n) is 10.0. The second-order valence-electron chi connectivity index (χ2n) is 7.81. The van der Waals surface area contributed by atoms with Gasteiger partial charge in [-0.1, -0.05) is 18.2 Å². The monoisotopic (exact) mass is 402 g/mol. The molecule has 0 saturated carbocycles. The standard InChI is InChI=1S/C23H22N4O3/c1-14-6-7-22(30-14)19-11-20(26-25-19)23(29)27-12-16(21(28)13-27)10-15-8-9-24-18-5-3-2-4-17(15)18/h2-9,11,16,21,28H,10,12-13H2,1H3,(H,25,26). The van der Waals surface area contributed by atoms with E-state index in [1.165, 1.54) is 0 Å². The lowest BCUT2D eigenvalue weighted by molar-refractivity contribution is 0.0759. The number of hydrogen-bond acceptors (Lipinski definition) is 5. The molecule has 4 heterocycles. The summed E-state index contributed by atoms with van der Waals surface area (Å²) < 4.78 is 5.58. The third kappa shape index (κ3) is 3.37. The minimum Gasteiger partial charge on any atom is -0.460 e. The number of carbonyl (C=O) groups is 1. The van der Waals surface area contributed by atoms with Gasteiger partial charge in [0.1, 0.15) is 11.5 Å². The zero-order valence-electron chi connectivity index (χ0n) is 16.6. The van der Waals surface area contributed by atoms with Gasteiger partial charge in [-0.05, 0) is 43.2 Å². The van der Waals surface area contributed by atoms with Gasteiger partial charge in [-0.3, -0.25) is 14.9 Å². The molecule has 7 heteroatoms. The number of benzene rings is 1. The second-order valence-corrected chi connectivity index (χ2v) is 7.81. The van der Waals surface area contributed by atoms with Crippen LogP contribution in [0.25, 0.3) is 22.4 Å². The van der Waals surface area contributed by atoms with Crippen LogP contribution < -0.4 is 0 Å². The van der Waals surface area contributed by atoms with Crippen LogP contribution in [-0.2, 0) is 6.42 Å². The van der Waals surface area contributed by atoms with Gasteiger partial charge in [-0.2, -0.15) is 5.10 Å². The number of aryl methyl sites for hydroxylation is 1.